The fourth-order valence-electron chi connectivity index (χ4n) is 2.68. The zero-order valence-corrected chi connectivity index (χ0v) is 14.0. The van der Waals surface area contributed by atoms with Gasteiger partial charge in [-0.3, -0.25) is 4.99 Å². The maximum Gasteiger partial charge on any atom is 0.163 e. The topological polar surface area (TPSA) is 54.3 Å². The number of anilines is 1. The molecule has 0 spiro atoms. The molecule has 0 amide bonds. The number of fused-ring (bicyclic) bond motifs is 1. The molecule has 0 aromatic heterocycles. The van der Waals surface area contributed by atoms with Gasteiger partial charge >= 0.3 is 0 Å². The van der Waals surface area contributed by atoms with Crippen LogP contribution in [-0.4, -0.2) is 37.6 Å². The quantitative estimate of drug-likeness (QED) is 0.850. The molecule has 1 N–H and O–H groups in total. The van der Waals surface area contributed by atoms with Gasteiger partial charge in [-0.1, -0.05) is 0 Å². The molecule has 126 valence electrons. The van der Waals surface area contributed by atoms with Crippen LogP contribution in [0.4, 0.5) is 11.4 Å². The number of phenolic OH excluding ortho intramolecular Hbond substituents is 1. The fourth-order valence-corrected chi connectivity index (χ4v) is 2.68. The van der Waals surface area contributed by atoms with Gasteiger partial charge in [0.25, 0.3) is 0 Å². The lowest BCUT2D eigenvalue weighted by molar-refractivity contribution is 0.171. The lowest BCUT2D eigenvalue weighted by Gasteiger charge is -2.21. The number of rotatable bonds is 5. The van der Waals surface area contributed by atoms with E-state index in [2.05, 4.69) is 23.7 Å². The summed E-state index contributed by atoms with van der Waals surface area (Å²) in [6.07, 6.45) is 1.66. The van der Waals surface area contributed by atoms with Gasteiger partial charge in [-0.2, -0.15) is 0 Å². The third-order valence-corrected chi connectivity index (χ3v) is 4.02. The van der Waals surface area contributed by atoms with Crippen molar-refractivity contribution in [2.75, 3.05) is 31.2 Å². The molecule has 0 bridgehead atoms. The van der Waals surface area contributed by atoms with Crippen LogP contribution < -0.4 is 14.4 Å². The summed E-state index contributed by atoms with van der Waals surface area (Å²) in [5.41, 5.74) is 2.45. The van der Waals surface area contributed by atoms with Crippen molar-refractivity contribution in [3.8, 4) is 17.2 Å². The van der Waals surface area contributed by atoms with E-state index >= 15 is 0 Å². The predicted octanol–water partition coefficient (Wildman–Crippen LogP) is 3.76. The van der Waals surface area contributed by atoms with Gasteiger partial charge in [-0.05, 0) is 38.1 Å². The van der Waals surface area contributed by atoms with Crippen LogP contribution in [0.5, 0.6) is 17.2 Å². The van der Waals surface area contributed by atoms with Crippen LogP contribution in [0.3, 0.4) is 0 Å². The van der Waals surface area contributed by atoms with E-state index < -0.39 is 0 Å². The molecule has 0 fully saturated rings. The number of aromatic hydroxyl groups is 1. The molecule has 1 aliphatic heterocycles. The fraction of sp³-hybridized carbons (Fsp3) is 0.316. The lowest BCUT2D eigenvalue weighted by Crippen LogP contribution is -2.21. The second kappa shape index (κ2) is 7.25. The van der Waals surface area contributed by atoms with Gasteiger partial charge in [0, 0.05) is 42.7 Å². The molecule has 2 aromatic carbocycles. The molecule has 1 aliphatic rings. The van der Waals surface area contributed by atoms with Crippen LogP contribution >= 0.6 is 0 Å². The second-order valence-corrected chi connectivity index (χ2v) is 5.50. The molecule has 0 aliphatic carbocycles. The third-order valence-electron chi connectivity index (χ3n) is 4.02. The highest BCUT2D eigenvalue weighted by Crippen LogP contribution is 2.33. The standard InChI is InChI=1S/C19H22N2O3/c1-3-21(4-2)16-7-5-14(17(22)12-16)13-20-15-6-8-18-19(11-15)24-10-9-23-18/h5-8,11-13,22H,3-4,9-10H2,1-2H3. The molecule has 1 heterocycles. The molecular formula is C19H22N2O3. The van der Waals surface area contributed by atoms with E-state index in [1.54, 1.807) is 12.3 Å². The number of phenols is 1. The molecule has 0 saturated heterocycles. The van der Waals surface area contributed by atoms with Crippen LogP contribution in [0.1, 0.15) is 19.4 Å². The molecule has 0 atom stereocenters. The maximum absolute atomic E-state index is 10.2. The van der Waals surface area contributed by atoms with E-state index in [0.717, 1.165) is 30.2 Å². The Bertz CT molecular complexity index is 739. The SMILES string of the molecule is CCN(CC)c1ccc(C=Nc2ccc3c(c2)OCCO3)c(O)c1. The van der Waals surface area contributed by atoms with E-state index in [4.69, 9.17) is 9.47 Å². The number of nitrogens with zero attached hydrogens (tertiary/aromatic N) is 2. The van der Waals surface area contributed by atoms with E-state index in [1.807, 2.05) is 30.3 Å². The smallest absolute Gasteiger partial charge is 0.163 e. The molecule has 0 saturated carbocycles. The van der Waals surface area contributed by atoms with Gasteiger partial charge < -0.3 is 19.5 Å². The van der Waals surface area contributed by atoms with Gasteiger partial charge in [0.2, 0.25) is 0 Å². The van der Waals surface area contributed by atoms with Gasteiger partial charge in [-0.25, -0.2) is 0 Å². The summed E-state index contributed by atoms with van der Waals surface area (Å²) in [5, 5.41) is 10.2. The van der Waals surface area contributed by atoms with Crippen molar-refractivity contribution in [1.82, 2.24) is 0 Å². The van der Waals surface area contributed by atoms with Gasteiger partial charge in [0.15, 0.2) is 11.5 Å². The summed E-state index contributed by atoms with van der Waals surface area (Å²) < 4.78 is 11.0. The highest BCUT2D eigenvalue weighted by molar-refractivity contribution is 5.86. The highest BCUT2D eigenvalue weighted by Gasteiger charge is 2.11. The third kappa shape index (κ3) is 3.45. The number of hydrogen-bond acceptors (Lipinski definition) is 5. The van der Waals surface area contributed by atoms with Crippen molar-refractivity contribution in [1.29, 1.82) is 0 Å². The number of aliphatic imine (C=N–C) groups is 1. The van der Waals surface area contributed by atoms with Crippen LogP contribution in [0, 0.1) is 0 Å². The Balaban J connectivity index is 1.79. The van der Waals surface area contributed by atoms with Crippen LogP contribution in [0.2, 0.25) is 0 Å². The molecule has 24 heavy (non-hydrogen) atoms. The largest absolute Gasteiger partial charge is 0.507 e. The Morgan fingerprint density at radius 3 is 2.50 bits per heavy atom. The Labute approximate surface area is 142 Å². The van der Waals surface area contributed by atoms with Gasteiger partial charge in [0.1, 0.15) is 19.0 Å². The summed E-state index contributed by atoms with van der Waals surface area (Å²) in [4.78, 5) is 6.61. The maximum atomic E-state index is 10.2. The van der Waals surface area contributed by atoms with Crippen molar-refractivity contribution in [2.24, 2.45) is 4.99 Å². The second-order valence-electron chi connectivity index (χ2n) is 5.50. The minimum absolute atomic E-state index is 0.223. The molecule has 0 radical (unpaired) electrons. The van der Waals surface area contributed by atoms with Crippen molar-refractivity contribution in [2.45, 2.75) is 13.8 Å². The summed E-state index contributed by atoms with van der Waals surface area (Å²) in [5.74, 6) is 1.67. The Morgan fingerprint density at radius 2 is 1.79 bits per heavy atom. The van der Waals surface area contributed by atoms with E-state index in [1.165, 1.54) is 0 Å². The van der Waals surface area contributed by atoms with Crippen LogP contribution in [0.15, 0.2) is 41.4 Å². The summed E-state index contributed by atoms with van der Waals surface area (Å²) in [7, 11) is 0. The van der Waals surface area contributed by atoms with Crippen molar-refractivity contribution < 1.29 is 14.6 Å². The molecule has 0 unspecified atom stereocenters. The first kappa shape index (κ1) is 16.2. The lowest BCUT2D eigenvalue weighted by atomic mass is 10.1. The zero-order valence-electron chi connectivity index (χ0n) is 14.0. The van der Waals surface area contributed by atoms with E-state index in [-0.39, 0.29) is 5.75 Å². The average Bonchev–Trinajstić information content (AvgIpc) is 2.62. The highest BCUT2D eigenvalue weighted by atomic mass is 16.6. The first-order valence-corrected chi connectivity index (χ1v) is 8.23. The Hall–Kier alpha value is -2.69. The number of hydrogen-bond donors (Lipinski definition) is 1. The molecule has 5 heteroatoms. The summed E-state index contributed by atoms with van der Waals surface area (Å²) >= 11 is 0. The minimum atomic E-state index is 0.223. The van der Waals surface area contributed by atoms with Crippen LogP contribution in [0.25, 0.3) is 0 Å². The Kier molecular flexibility index (Phi) is 4.89. The normalized spacial score (nSPS) is 13.2. The monoisotopic (exact) mass is 326 g/mol. The first-order valence-electron chi connectivity index (χ1n) is 8.23. The minimum Gasteiger partial charge on any atom is -0.507 e. The zero-order chi connectivity index (χ0) is 16.9. The van der Waals surface area contributed by atoms with E-state index in [9.17, 15) is 5.11 Å². The van der Waals surface area contributed by atoms with Crippen molar-refractivity contribution >= 4 is 17.6 Å². The predicted molar refractivity (Wildman–Crippen MR) is 96.4 cm³/mol. The van der Waals surface area contributed by atoms with E-state index in [0.29, 0.717) is 24.5 Å². The molecule has 2 aromatic rings. The molecule has 5 nitrogen and oxygen atoms in total. The van der Waals surface area contributed by atoms with Gasteiger partial charge in [-0.15, -0.1) is 0 Å². The number of ether oxygens (including phenoxy) is 2. The first-order chi connectivity index (χ1) is 11.7. The van der Waals surface area contributed by atoms with Crippen LogP contribution in [-0.2, 0) is 0 Å². The summed E-state index contributed by atoms with van der Waals surface area (Å²) in [6, 6.07) is 11.2. The van der Waals surface area contributed by atoms with Crippen molar-refractivity contribution in [3.63, 3.8) is 0 Å². The average molecular weight is 326 g/mol. The molecular weight excluding hydrogens is 304 g/mol. The van der Waals surface area contributed by atoms with Gasteiger partial charge in [0.05, 0.1) is 5.69 Å². The summed E-state index contributed by atoms with van der Waals surface area (Å²) in [6.45, 7) is 7.12. The van der Waals surface area contributed by atoms with Crippen molar-refractivity contribution in [3.05, 3.63) is 42.0 Å². The molecule has 3 rings (SSSR count). The Morgan fingerprint density at radius 1 is 1.04 bits per heavy atom. The number of benzene rings is 2.